The number of rotatable bonds is 2. The Bertz CT molecular complexity index is 1460. The van der Waals surface area contributed by atoms with E-state index in [2.05, 4.69) is 37.8 Å². The molecule has 1 atom stereocenters. The van der Waals surface area contributed by atoms with Crippen molar-refractivity contribution in [2.24, 2.45) is 10.4 Å². The molecule has 2 aromatic carbocycles. The average molecular weight is 490 g/mol. The van der Waals surface area contributed by atoms with E-state index in [1.54, 1.807) is 18.9 Å². The summed E-state index contributed by atoms with van der Waals surface area (Å²) < 4.78 is 5.45. The fourth-order valence-corrected chi connectivity index (χ4v) is 6.56. The van der Waals surface area contributed by atoms with Gasteiger partial charge < -0.3 is 9.64 Å². The van der Waals surface area contributed by atoms with Crippen LogP contribution in [0.3, 0.4) is 0 Å². The molecule has 0 bridgehead atoms. The first-order valence-electron chi connectivity index (χ1n) is 11.3. The summed E-state index contributed by atoms with van der Waals surface area (Å²) in [5.41, 5.74) is 5.30. The minimum absolute atomic E-state index is 0.130. The Balaban J connectivity index is 1.60. The number of hydrogen-bond acceptors (Lipinski definition) is 6. The first-order chi connectivity index (χ1) is 16.2. The van der Waals surface area contributed by atoms with Crippen molar-refractivity contribution in [1.29, 1.82) is 0 Å². The summed E-state index contributed by atoms with van der Waals surface area (Å²) >= 11 is 8.44. The molecule has 6 rings (SSSR count). The Morgan fingerprint density at radius 2 is 1.97 bits per heavy atom. The van der Waals surface area contributed by atoms with E-state index in [1.165, 1.54) is 0 Å². The Hall–Kier alpha value is -2.83. The zero-order valence-electron chi connectivity index (χ0n) is 19.5. The van der Waals surface area contributed by atoms with E-state index < -0.39 is 0 Å². The van der Waals surface area contributed by atoms with Gasteiger partial charge in [-0.25, -0.2) is 9.98 Å². The molecule has 0 saturated carbocycles. The van der Waals surface area contributed by atoms with Crippen molar-refractivity contribution in [3.8, 4) is 5.75 Å². The van der Waals surface area contributed by atoms with Crippen molar-refractivity contribution in [2.45, 2.75) is 44.6 Å². The van der Waals surface area contributed by atoms with E-state index in [0.717, 1.165) is 61.2 Å². The molecule has 34 heavy (non-hydrogen) atoms. The van der Waals surface area contributed by atoms with Crippen LogP contribution in [0.2, 0.25) is 5.15 Å². The fraction of sp³-hybridized carbons (Fsp3) is 0.296. The van der Waals surface area contributed by atoms with Gasteiger partial charge >= 0.3 is 0 Å². The van der Waals surface area contributed by atoms with Gasteiger partial charge in [-0.3, -0.25) is 4.79 Å². The molecule has 7 heteroatoms. The van der Waals surface area contributed by atoms with Crippen molar-refractivity contribution in [3.05, 3.63) is 70.0 Å². The van der Waals surface area contributed by atoms with Crippen LogP contribution in [0.5, 0.6) is 5.75 Å². The lowest BCUT2D eigenvalue weighted by atomic mass is 9.73. The number of carbonyl (C=O) groups is 1. The number of methoxy groups -OCH3 is 1. The molecule has 0 radical (unpaired) electrons. The van der Waals surface area contributed by atoms with Gasteiger partial charge in [0.2, 0.25) is 0 Å². The quantitative estimate of drug-likeness (QED) is 0.367. The first-order valence-corrected chi connectivity index (χ1v) is 12.5. The number of thioether (sulfide) groups is 1. The Morgan fingerprint density at radius 3 is 2.76 bits per heavy atom. The lowest BCUT2D eigenvalue weighted by molar-refractivity contribution is -0.118. The second kappa shape index (κ2) is 7.59. The minimum atomic E-state index is -0.377. The zero-order chi connectivity index (χ0) is 23.8. The third-order valence-electron chi connectivity index (χ3n) is 6.74. The molecule has 3 aromatic rings. The number of benzene rings is 2. The lowest BCUT2D eigenvalue weighted by Crippen LogP contribution is -2.40. The Kier molecular flexibility index (Phi) is 4.84. The van der Waals surface area contributed by atoms with Crippen LogP contribution in [0.15, 0.2) is 63.6 Å². The molecule has 3 heterocycles. The number of aliphatic imine (C=N–C) groups is 1. The summed E-state index contributed by atoms with van der Waals surface area (Å²) in [5.74, 6) is 0.922. The molecule has 2 aliphatic heterocycles. The number of pyridine rings is 1. The first kappa shape index (κ1) is 21.7. The van der Waals surface area contributed by atoms with Gasteiger partial charge in [-0.15, -0.1) is 0 Å². The van der Waals surface area contributed by atoms with Crippen LogP contribution in [-0.4, -0.2) is 23.0 Å². The molecule has 0 saturated heterocycles. The van der Waals surface area contributed by atoms with Crippen LogP contribution in [-0.2, 0) is 4.79 Å². The van der Waals surface area contributed by atoms with Gasteiger partial charge in [0.1, 0.15) is 10.9 Å². The second-order valence-corrected chi connectivity index (χ2v) is 11.3. The minimum Gasteiger partial charge on any atom is -0.497 e. The maximum Gasteiger partial charge on any atom is 0.174 e. The van der Waals surface area contributed by atoms with Crippen LogP contribution >= 0.6 is 23.4 Å². The van der Waals surface area contributed by atoms with Gasteiger partial charge in [0, 0.05) is 27.8 Å². The number of carbonyl (C=O) groups excluding carboxylic acids is 1. The molecular formula is C27H24ClN3O2S. The Labute approximate surface area is 207 Å². The number of ketones is 1. The highest BCUT2D eigenvalue weighted by atomic mass is 35.5. The summed E-state index contributed by atoms with van der Waals surface area (Å²) in [5, 5.41) is 2.29. The van der Waals surface area contributed by atoms with E-state index in [9.17, 15) is 4.79 Å². The number of anilines is 1. The Morgan fingerprint density at radius 1 is 1.15 bits per heavy atom. The number of halogens is 1. The molecule has 0 N–H and O–H groups in total. The molecule has 0 fully saturated rings. The molecule has 1 aromatic heterocycles. The number of aryl methyl sites for hydroxylation is 1. The summed E-state index contributed by atoms with van der Waals surface area (Å²) in [4.78, 5) is 26.6. The second-order valence-electron chi connectivity index (χ2n) is 9.97. The highest BCUT2D eigenvalue weighted by Crippen LogP contribution is 2.54. The summed E-state index contributed by atoms with van der Waals surface area (Å²) in [7, 11) is 1.67. The number of hydrogen-bond donors (Lipinski definition) is 0. The molecule has 1 aliphatic carbocycles. The summed E-state index contributed by atoms with van der Waals surface area (Å²) in [6.45, 7) is 6.32. The van der Waals surface area contributed by atoms with Crippen molar-refractivity contribution < 1.29 is 9.53 Å². The molecular weight excluding hydrogens is 466 g/mol. The maximum atomic E-state index is 13.6. The van der Waals surface area contributed by atoms with Crippen molar-refractivity contribution in [3.63, 3.8) is 0 Å². The number of allylic oxidation sites excluding steroid dienone is 1. The topological polar surface area (TPSA) is 54.8 Å². The predicted molar refractivity (Wildman–Crippen MR) is 138 cm³/mol. The van der Waals surface area contributed by atoms with Crippen molar-refractivity contribution in [1.82, 2.24) is 4.98 Å². The van der Waals surface area contributed by atoms with Gasteiger partial charge in [-0.1, -0.05) is 37.1 Å². The molecule has 3 aliphatic rings. The maximum absolute atomic E-state index is 13.6. The number of fused-ring (bicyclic) bond motifs is 4. The van der Waals surface area contributed by atoms with Gasteiger partial charge in [0.25, 0.3) is 0 Å². The fourth-order valence-electron chi connectivity index (χ4n) is 5.21. The molecule has 0 amide bonds. The van der Waals surface area contributed by atoms with E-state index >= 15 is 0 Å². The highest BCUT2D eigenvalue weighted by molar-refractivity contribution is 8.14. The third kappa shape index (κ3) is 3.35. The highest BCUT2D eigenvalue weighted by Gasteiger charge is 2.46. The monoisotopic (exact) mass is 489 g/mol. The van der Waals surface area contributed by atoms with Gasteiger partial charge in [-0.2, -0.15) is 0 Å². The van der Waals surface area contributed by atoms with Crippen LogP contribution in [0.25, 0.3) is 10.9 Å². The molecule has 172 valence electrons. The summed E-state index contributed by atoms with van der Waals surface area (Å²) in [6, 6.07) is 13.8. The van der Waals surface area contributed by atoms with Crippen LogP contribution in [0.1, 0.15) is 43.9 Å². The van der Waals surface area contributed by atoms with Gasteiger partial charge in [0.15, 0.2) is 11.0 Å². The molecule has 1 unspecified atom stereocenters. The number of amidine groups is 1. The smallest absolute Gasteiger partial charge is 0.174 e. The average Bonchev–Trinajstić information content (AvgIpc) is 3.13. The normalized spacial score (nSPS) is 20.7. The number of ether oxygens (including phenoxy) is 1. The van der Waals surface area contributed by atoms with E-state index in [4.69, 9.17) is 26.3 Å². The van der Waals surface area contributed by atoms with E-state index in [-0.39, 0.29) is 17.2 Å². The number of Topliss-reactive ketones (excluding diaryl/α,β-unsaturated/α-hetero) is 1. The van der Waals surface area contributed by atoms with Gasteiger partial charge in [0.05, 0.1) is 30.1 Å². The predicted octanol–water partition coefficient (Wildman–Crippen LogP) is 6.87. The molecule has 5 nitrogen and oxygen atoms in total. The largest absolute Gasteiger partial charge is 0.497 e. The van der Waals surface area contributed by atoms with Gasteiger partial charge in [-0.05, 0) is 66.9 Å². The number of nitrogens with zero attached hydrogens (tertiary/aromatic N) is 3. The van der Waals surface area contributed by atoms with Crippen LogP contribution < -0.4 is 9.64 Å². The van der Waals surface area contributed by atoms with Crippen LogP contribution in [0.4, 0.5) is 5.69 Å². The third-order valence-corrected chi connectivity index (χ3v) is 8.06. The van der Waals surface area contributed by atoms with E-state index in [0.29, 0.717) is 11.6 Å². The van der Waals surface area contributed by atoms with E-state index in [1.807, 2.05) is 30.3 Å². The number of aromatic nitrogens is 1. The molecule has 0 spiro atoms. The lowest BCUT2D eigenvalue weighted by Gasteiger charge is -2.40. The summed E-state index contributed by atoms with van der Waals surface area (Å²) in [6.07, 6.45) is 1.24. The van der Waals surface area contributed by atoms with Crippen molar-refractivity contribution >= 4 is 50.9 Å². The zero-order valence-corrected chi connectivity index (χ0v) is 21.0. The van der Waals surface area contributed by atoms with Crippen LogP contribution in [0, 0.1) is 12.3 Å². The SMILES string of the molecule is COc1ccc2c(c1)SC1=NC3=C(C(=O)CC(C)(C)C3)C(c3cc4cc(C)ccc4nc3Cl)N12. The van der Waals surface area contributed by atoms with Crippen molar-refractivity contribution in [2.75, 3.05) is 12.0 Å². The standard InChI is InChI=1S/C27H24ClN3O2S/c1-14-5-7-18-15(9-14)10-17(25(28)29-18)24-23-19(12-27(2,3)13-21(23)32)30-26-31(24)20-8-6-16(33-4)11-22(20)34-26/h5-11,24H,12-13H2,1-4H3.